The number of hydrogen-bond donors (Lipinski definition) is 1. The minimum Gasteiger partial charge on any atom is -0.349 e. The van der Waals surface area contributed by atoms with Crippen molar-refractivity contribution in [2.24, 2.45) is 5.73 Å². The van der Waals surface area contributed by atoms with E-state index in [4.69, 9.17) is 11.0 Å². The maximum absolute atomic E-state index is 10.2. The maximum Gasteiger partial charge on any atom is 0.348 e. The molecule has 0 aromatic heterocycles. The van der Waals surface area contributed by atoms with Crippen LogP contribution in [0.1, 0.15) is 6.92 Å². The summed E-state index contributed by atoms with van der Waals surface area (Å²) in [5, 5.41) is 8.64. The molecule has 0 fully saturated rings. The molecule has 0 aromatic carbocycles. The first-order chi connectivity index (χ1) is 4.22. The molecule has 50 valence electrons. The standard InChI is InChI=1S/C4H7N3O2/c1-2-7(4(6)8)9-3-5/h2H2,1H3,(H2,6,8). The first-order valence-corrected chi connectivity index (χ1v) is 2.35. The molecule has 2 amide bonds. The Balaban J connectivity index is 3.71. The fraction of sp³-hybridized carbons (Fsp3) is 0.500. The van der Waals surface area contributed by atoms with Crippen LogP contribution in [0.4, 0.5) is 4.79 Å². The van der Waals surface area contributed by atoms with E-state index < -0.39 is 6.03 Å². The van der Waals surface area contributed by atoms with Crippen molar-refractivity contribution in [3.8, 4) is 6.26 Å². The molecule has 0 saturated heterocycles. The molecule has 0 unspecified atom stereocenters. The van der Waals surface area contributed by atoms with E-state index in [1.807, 2.05) is 0 Å². The Labute approximate surface area is 52.6 Å². The second kappa shape index (κ2) is 3.55. The van der Waals surface area contributed by atoms with E-state index in [9.17, 15) is 4.79 Å². The SMILES string of the molecule is CCN(OC#N)C(N)=O. The van der Waals surface area contributed by atoms with Gasteiger partial charge in [0.1, 0.15) is 0 Å². The number of carbonyl (C=O) groups excluding carboxylic acids is 1. The monoisotopic (exact) mass is 129 g/mol. The van der Waals surface area contributed by atoms with Crippen molar-refractivity contribution in [3.63, 3.8) is 0 Å². The largest absolute Gasteiger partial charge is 0.349 e. The lowest BCUT2D eigenvalue weighted by Gasteiger charge is -2.10. The van der Waals surface area contributed by atoms with Gasteiger partial charge in [0.2, 0.25) is 0 Å². The molecule has 0 aliphatic heterocycles. The number of nitrogens with two attached hydrogens (primary N) is 1. The van der Waals surface area contributed by atoms with E-state index >= 15 is 0 Å². The predicted molar refractivity (Wildman–Crippen MR) is 28.7 cm³/mol. The van der Waals surface area contributed by atoms with Gasteiger partial charge in [0, 0.05) is 0 Å². The summed E-state index contributed by atoms with van der Waals surface area (Å²) >= 11 is 0. The minimum atomic E-state index is -0.765. The Bertz CT molecular complexity index is 139. The van der Waals surface area contributed by atoms with E-state index in [2.05, 4.69) is 4.84 Å². The van der Waals surface area contributed by atoms with Crippen LogP contribution >= 0.6 is 0 Å². The van der Waals surface area contributed by atoms with Gasteiger partial charge in [-0.1, -0.05) is 0 Å². The van der Waals surface area contributed by atoms with Crippen molar-refractivity contribution in [2.75, 3.05) is 6.54 Å². The minimum absolute atomic E-state index is 0.267. The molecule has 0 aromatic rings. The van der Waals surface area contributed by atoms with Crippen LogP contribution in [-0.4, -0.2) is 17.6 Å². The third-order valence-electron chi connectivity index (χ3n) is 0.684. The molecule has 5 heteroatoms. The summed E-state index contributed by atoms with van der Waals surface area (Å²) < 4.78 is 0. The van der Waals surface area contributed by atoms with E-state index in [-0.39, 0.29) is 6.54 Å². The Morgan fingerprint density at radius 1 is 2.00 bits per heavy atom. The van der Waals surface area contributed by atoms with Crippen LogP contribution in [-0.2, 0) is 4.84 Å². The molecule has 0 saturated carbocycles. The Kier molecular flexibility index (Phi) is 2.98. The summed E-state index contributed by atoms with van der Waals surface area (Å²) in [4.78, 5) is 14.3. The van der Waals surface area contributed by atoms with Gasteiger partial charge in [0.15, 0.2) is 0 Å². The fourth-order valence-electron chi connectivity index (χ4n) is 0.315. The molecule has 0 aliphatic rings. The van der Waals surface area contributed by atoms with Gasteiger partial charge in [-0.25, -0.2) is 4.79 Å². The summed E-state index contributed by atoms with van der Waals surface area (Å²) in [7, 11) is 0. The lowest BCUT2D eigenvalue weighted by Crippen LogP contribution is -2.34. The maximum atomic E-state index is 10.2. The number of rotatable bonds is 2. The summed E-state index contributed by atoms with van der Waals surface area (Å²) in [5.41, 5.74) is 4.74. The van der Waals surface area contributed by atoms with Crippen molar-refractivity contribution in [1.82, 2.24) is 5.06 Å². The molecule has 0 atom stereocenters. The molecular formula is C4H7N3O2. The molecular weight excluding hydrogens is 122 g/mol. The molecule has 0 aliphatic carbocycles. The number of nitriles is 1. The highest BCUT2D eigenvalue weighted by Gasteiger charge is 2.05. The van der Waals surface area contributed by atoms with Gasteiger partial charge in [-0.15, -0.1) is 10.3 Å². The van der Waals surface area contributed by atoms with Crippen LogP contribution in [0.25, 0.3) is 0 Å². The normalized spacial score (nSPS) is 7.56. The summed E-state index contributed by atoms with van der Waals surface area (Å²) in [6, 6.07) is -0.765. The molecule has 9 heavy (non-hydrogen) atoms. The number of carbonyl (C=O) groups is 1. The molecule has 2 N–H and O–H groups in total. The van der Waals surface area contributed by atoms with Crippen LogP contribution in [0.5, 0.6) is 0 Å². The van der Waals surface area contributed by atoms with Gasteiger partial charge in [0.25, 0.3) is 0 Å². The number of hydrogen-bond acceptors (Lipinski definition) is 3. The van der Waals surface area contributed by atoms with Crippen LogP contribution in [0.2, 0.25) is 0 Å². The summed E-state index contributed by atoms with van der Waals surface area (Å²) in [6.45, 7) is 1.91. The quantitative estimate of drug-likeness (QED) is 0.414. The van der Waals surface area contributed by atoms with Crippen molar-refractivity contribution in [1.29, 1.82) is 5.26 Å². The molecule has 0 heterocycles. The van der Waals surface area contributed by atoms with E-state index in [1.165, 1.54) is 6.26 Å². The highest BCUT2D eigenvalue weighted by molar-refractivity contribution is 5.70. The Morgan fingerprint density at radius 2 is 2.56 bits per heavy atom. The first-order valence-electron chi connectivity index (χ1n) is 2.35. The zero-order chi connectivity index (χ0) is 7.28. The van der Waals surface area contributed by atoms with Crippen molar-refractivity contribution in [3.05, 3.63) is 0 Å². The topological polar surface area (TPSA) is 79.3 Å². The average Bonchev–Trinajstić information content (AvgIpc) is 1.82. The molecule has 0 spiro atoms. The number of amides is 2. The average molecular weight is 129 g/mol. The number of primary amides is 1. The lowest BCUT2D eigenvalue weighted by molar-refractivity contribution is -0.0373. The van der Waals surface area contributed by atoms with Crippen LogP contribution < -0.4 is 5.73 Å². The molecule has 0 rings (SSSR count). The third-order valence-corrected chi connectivity index (χ3v) is 0.684. The Hall–Kier alpha value is -1.44. The first kappa shape index (κ1) is 7.56. The third kappa shape index (κ3) is 2.39. The van der Waals surface area contributed by atoms with E-state index in [0.29, 0.717) is 0 Å². The van der Waals surface area contributed by atoms with Gasteiger partial charge in [-0.05, 0) is 6.92 Å². The van der Waals surface area contributed by atoms with E-state index in [1.54, 1.807) is 6.92 Å². The van der Waals surface area contributed by atoms with Crippen molar-refractivity contribution in [2.45, 2.75) is 6.92 Å². The van der Waals surface area contributed by atoms with Gasteiger partial charge in [-0.2, -0.15) is 0 Å². The number of hydroxylamine groups is 2. The van der Waals surface area contributed by atoms with Gasteiger partial charge < -0.3 is 5.73 Å². The highest BCUT2D eigenvalue weighted by atomic mass is 16.7. The van der Waals surface area contributed by atoms with Crippen molar-refractivity contribution < 1.29 is 9.63 Å². The summed E-state index contributed by atoms with van der Waals surface area (Å²) in [5.74, 6) is 0. The Morgan fingerprint density at radius 3 is 2.67 bits per heavy atom. The fourth-order valence-corrected chi connectivity index (χ4v) is 0.315. The van der Waals surface area contributed by atoms with E-state index in [0.717, 1.165) is 5.06 Å². The zero-order valence-corrected chi connectivity index (χ0v) is 5.00. The van der Waals surface area contributed by atoms with Crippen LogP contribution in [0, 0.1) is 11.5 Å². The second-order valence-electron chi connectivity index (χ2n) is 1.22. The highest BCUT2D eigenvalue weighted by Crippen LogP contribution is 1.85. The van der Waals surface area contributed by atoms with Crippen molar-refractivity contribution >= 4 is 6.03 Å². The summed E-state index contributed by atoms with van der Waals surface area (Å²) in [6.07, 6.45) is 1.33. The van der Waals surface area contributed by atoms with Gasteiger partial charge in [0.05, 0.1) is 6.54 Å². The zero-order valence-electron chi connectivity index (χ0n) is 5.00. The number of nitrogens with zero attached hydrogens (tertiary/aromatic N) is 2. The smallest absolute Gasteiger partial charge is 0.348 e. The van der Waals surface area contributed by atoms with Gasteiger partial charge >= 0.3 is 12.3 Å². The predicted octanol–water partition coefficient (Wildman–Crippen LogP) is -0.200. The molecule has 0 bridgehead atoms. The number of urea groups is 1. The lowest BCUT2D eigenvalue weighted by atomic mass is 10.7. The van der Waals surface area contributed by atoms with Crippen LogP contribution in [0.3, 0.4) is 0 Å². The van der Waals surface area contributed by atoms with Gasteiger partial charge in [-0.3, -0.25) is 4.84 Å². The van der Waals surface area contributed by atoms with Crippen LogP contribution in [0.15, 0.2) is 0 Å². The molecule has 5 nitrogen and oxygen atoms in total. The molecule has 0 radical (unpaired) electrons. The second-order valence-corrected chi connectivity index (χ2v) is 1.22.